The van der Waals surface area contributed by atoms with Crippen LogP contribution in [0.1, 0.15) is 68.9 Å². The van der Waals surface area contributed by atoms with Gasteiger partial charge < -0.3 is 0 Å². The van der Waals surface area contributed by atoms with E-state index in [1.54, 1.807) is 0 Å². The van der Waals surface area contributed by atoms with E-state index in [0.717, 1.165) is 33.6 Å². The lowest BCUT2D eigenvalue weighted by molar-refractivity contribution is 0.462. The first-order valence-electron chi connectivity index (χ1n) is 11.4. The van der Waals surface area contributed by atoms with E-state index in [4.69, 9.17) is 4.98 Å². The summed E-state index contributed by atoms with van der Waals surface area (Å²) in [6, 6.07) is 8.42. The molecule has 0 spiro atoms. The molecule has 0 aliphatic heterocycles. The van der Waals surface area contributed by atoms with Crippen LogP contribution in [0.2, 0.25) is 0 Å². The second-order valence-electron chi connectivity index (χ2n) is 9.06. The molecule has 154 valence electrons. The SMILES string of the molecule is Cc1cccc2c(-c3cnn4cc(C5CCCCC(C)CCC5)cnc34)ccnc12. The van der Waals surface area contributed by atoms with E-state index in [1.165, 1.54) is 56.1 Å². The molecule has 30 heavy (non-hydrogen) atoms. The predicted molar refractivity (Wildman–Crippen MR) is 123 cm³/mol. The van der Waals surface area contributed by atoms with Gasteiger partial charge in [0.2, 0.25) is 0 Å². The molecule has 1 fully saturated rings. The van der Waals surface area contributed by atoms with Crippen molar-refractivity contribution in [1.82, 2.24) is 19.6 Å². The number of nitrogens with zero attached hydrogens (tertiary/aromatic N) is 4. The molecule has 0 bridgehead atoms. The van der Waals surface area contributed by atoms with Crippen LogP contribution in [-0.2, 0) is 0 Å². The molecule has 0 N–H and O–H groups in total. The second-order valence-corrected chi connectivity index (χ2v) is 9.06. The molecule has 1 saturated carbocycles. The largest absolute Gasteiger partial charge is 0.256 e. The first-order chi connectivity index (χ1) is 14.7. The number of pyridine rings is 1. The average Bonchev–Trinajstić information content (AvgIpc) is 3.21. The highest BCUT2D eigenvalue weighted by molar-refractivity contribution is 5.98. The number of rotatable bonds is 2. The molecule has 1 aliphatic carbocycles. The zero-order valence-electron chi connectivity index (χ0n) is 18.0. The van der Waals surface area contributed by atoms with E-state index in [9.17, 15) is 0 Å². The zero-order valence-corrected chi connectivity index (χ0v) is 18.0. The third-order valence-electron chi connectivity index (χ3n) is 6.86. The van der Waals surface area contributed by atoms with Crippen molar-refractivity contribution in [2.45, 2.75) is 64.7 Å². The second kappa shape index (κ2) is 8.17. The number of fused-ring (bicyclic) bond motifs is 2. The molecule has 1 aliphatic rings. The predicted octanol–water partition coefficient (Wildman–Crippen LogP) is 6.72. The van der Waals surface area contributed by atoms with Crippen molar-refractivity contribution in [3.8, 4) is 11.1 Å². The van der Waals surface area contributed by atoms with E-state index < -0.39 is 0 Å². The third-order valence-corrected chi connectivity index (χ3v) is 6.86. The summed E-state index contributed by atoms with van der Waals surface area (Å²) in [6.07, 6.45) is 17.4. The van der Waals surface area contributed by atoms with Crippen LogP contribution in [0.25, 0.3) is 27.7 Å². The van der Waals surface area contributed by atoms with Gasteiger partial charge in [-0.05, 0) is 54.4 Å². The summed E-state index contributed by atoms with van der Waals surface area (Å²) in [6.45, 7) is 4.52. The molecular weight excluding hydrogens is 368 g/mol. The monoisotopic (exact) mass is 398 g/mol. The Balaban J connectivity index is 1.51. The van der Waals surface area contributed by atoms with Crippen molar-refractivity contribution in [1.29, 1.82) is 0 Å². The quantitative estimate of drug-likeness (QED) is 0.376. The summed E-state index contributed by atoms with van der Waals surface area (Å²) in [4.78, 5) is 9.48. The maximum Gasteiger partial charge on any atom is 0.162 e. The summed E-state index contributed by atoms with van der Waals surface area (Å²) < 4.78 is 1.97. The summed E-state index contributed by atoms with van der Waals surface area (Å²) in [5.41, 5.74) is 6.71. The highest BCUT2D eigenvalue weighted by Gasteiger charge is 2.18. The molecule has 0 radical (unpaired) electrons. The van der Waals surface area contributed by atoms with E-state index in [1.807, 2.05) is 16.9 Å². The van der Waals surface area contributed by atoms with Crippen LogP contribution in [-0.4, -0.2) is 19.6 Å². The molecule has 1 aromatic carbocycles. The van der Waals surface area contributed by atoms with Gasteiger partial charge in [-0.15, -0.1) is 0 Å². The molecule has 0 amide bonds. The van der Waals surface area contributed by atoms with Gasteiger partial charge in [0.15, 0.2) is 5.65 Å². The third kappa shape index (κ3) is 3.60. The van der Waals surface area contributed by atoms with Gasteiger partial charge in [-0.3, -0.25) is 4.98 Å². The van der Waals surface area contributed by atoms with Gasteiger partial charge in [-0.25, -0.2) is 9.50 Å². The van der Waals surface area contributed by atoms with E-state index in [0.29, 0.717) is 5.92 Å². The highest BCUT2D eigenvalue weighted by atomic mass is 15.2. The minimum atomic E-state index is 0.601. The number of aromatic nitrogens is 4. The number of hydrogen-bond acceptors (Lipinski definition) is 3. The van der Waals surface area contributed by atoms with Crippen molar-refractivity contribution in [3.63, 3.8) is 0 Å². The summed E-state index contributed by atoms with van der Waals surface area (Å²) in [7, 11) is 0. The van der Waals surface area contributed by atoms with Crippen molar-refractivity contribution < 1.29 is 0 Å². The lowest BCUT2D eigenvalue weighted by Crippen LogP contribution is -2.03. The first kappa shape index (κ1) is 19.2. The summed E-state index contributed by atoms with van der Waals surface area (Å²) in [5, 5.41) is 5.84. The van der Waals surface area contributed by atoms with Crippen molar-refractivity contribution in [2.75, 3.05) is 0 Å². The van der Waals surface area contributed by atoms with Gasteiger partial charge >= 0.3 is 0 Å². The van der Waals surface area contributed by atoms with E-state index >= 15 is 0 Å². The maximum absolute atomic E-state index is 4.89. The topological polar surface area (TPSA) is 43.1 Å². The van der Waals surface area contributed by atoms with Crippen LogP contribution in [0.15, 0.2) is 49.1 Å². The van der Waals surface area contributed by atoms with E-state index in [2.05, 4.69) is 60.6 Å². The molecule has 3 aromatic heterocycles. The Labute approximate surface area is 178 Å². The number of benzene rings is 1. The normalized spacial score (nSPS) is 20.7. The number of para-hydroxylation sites is 1. The molecule has 0 saturated heterocycles. The molecule has 5 rings (SSSR count). The van der Waals surface area contributed by atoms with Crippen molar-refractivity contribution >= 4 is 16.6 Å². The van der Waals surface area contributed by atoms with Gasteiger partial charge in [0, 0.05) is 29.5 Å². The summed E-state index contributed by atoms with van der Waals surface area (Å²) in [5.74, 6) is 1.47. The molecule has 4 aromatic rings. The van der Waals surface area contributed by atoms with Gasteiger partial charge in [-0.2, -0.15) is 5.10 Å². The molecular formula is C26H30N4. The molecule has 3 heterocycles. The number of aryl methyl sites for hydroxylation is 1. The fourth-order valence-electron chi connectivity index (χ4n) is 5.07. The lowest BCUT2D eigenvalue weighted by atomic mass is 9.91. The Bertz CT molecular complexity index is 1180. The van der Waals surface area contributed by atoms with Crippen LogP contribution >= 0.6 is 0 Å². The van der Waals surface area contributed by atoms with Crippen LogP contribution < -0.4 is 0 Å². The molecule has 4 nitrogen and oxygen atoms in total. The zero-order chi connectivity index (χ0) is 20.5. The minimum absolute atomic E-state index is 0.601. The standard InChI is InChI=1S/C26H30N4/c1-18-7-3-4-10-20(11-5-8-18)21-15-28-26-24(16-29-30(26)17-21)22-13-14-27-25-19(2)9-6-12-23(22)25/h6,9,12-18,20H,3-5,7-8,10-11H2,1-2H3. The Kier molecular flexibility index (Phi) is 5.24. The van der Waals surface area contributed by atoms with Crippen molar-refractivity contribution in [3.05, 3.63) is 60.2 Å². The smallest absolute Gasteiger partial charge is 0.162 e. The fourth-order valence-corrected chi connectivity index (χ4v) is 5.07. The Morgan fingerprint density at radius 2 is 1.73 bits per heavy atom. The van der Waals surface area contributed by atoms with E-state index in [-0.39, 0.29) is 0 Å². The van der Waals surface area contributed by atoms with Gasteiger partial charge in [-0.1, -0.05) is 57.2 Å². The average molecular weight is 399 g/mol. The molecule has 2 atom stereocenters. The first-order valence-corrected chi connectivity index (χ1v) is 11.4. The molecule has 4 heteroatoms. The van der Waals surface area contributed by atoms with Crippen LogP contribution in [0.5, 0.6) is 0 Å². The van der Waals surface area contributed by atoms with Gasteiger partial charge in [0.1, 0.15) is 0 Å². The van der Waals surface area contributed by atoms with Crippen LogP contribution in [0.3, 0.4) is 0 Å². The van der Waals surface area contributed by atoms with Crippen molar-refractivity contribution in [2.24, 2.45) is 5.92 Å². The van der Waals surface area contributed by atoms with Gasteiger partial charge in [0.25, 0.3) is 0 Å². The highest BCUT2D eigenvalue weighted by Crippen LogP contribution is 2.34. The minimum Gasteiger partial charge on any atom is -0.256 e. The van der Waals surface area contributed by atoms with Crippen LogP contribution in [0, 0.1) is 12.8 Å². The number of hydrogen-bond donors (Lipinski definition) is 0. The lowest BCUT2D eigenvalue weighted by Gasteiger charge is -2.16. The Morgan fingerprint density at radius 1 is 0.900 bits per heavy atom. The fraction of sp³-hybridized carbons (Fsp3) is 0.423. The van der Waals surface area contributed by atoms with Gasteiger partial charge in [0.05, 0.1) is 11.7 Å². The Morgan fingerprint density at radius 3 is 2.67 bits per heavy atom. The van der Waals surface area contributed by atoms with Crippen LogP contribution in [0.4, 0.5) is 0 Å². The molecule has 2 unspecified atom stereocenters. The summed E-state index contributed by atoms with van der Waals surface area (Å²) >= 11 is 0. The maximum atomic E-state index is 4.89. The Hall–Kier alpha value is -2.75.